The van der Waals surface area contributed by atoms with Crippen LogP contribution in [0.15, 0.2) is 53.5 Å². The van der Waals surface area contributed by atoms with E-state index in [4.69, 9.17) is 15.2 Å². The number of nitrogen functional groups attached to an aromatic ring is 1. The summed E-state index contributed by atoms with van der Waals surface area (Å²) in [5.74, 6) is 1.13. The summed E-state index contributed by atoms with van der Waals surface area (Å²) in [7, 11) is 0. The monoisotopic (exact) mass is 584 g/mol. The van der Waals surface area contributed by atoms with E-state index in [0.717, 1.165) is 63.6 Å². The van der Waals surface area contributed by atoms with Gasteiger partial charge in [0, 0.05) is 58.1 Å². The first-order chi connectivity index (χ1) is 16.7. The van der Waals surface area contributed by atoms with Crippen LogP contribution < -0.4 is 5.73 Å². The van der Waals surface area contributed by atoms with Gasteiger partial charge in [-0.25, -0.2) is 8.10 Å². The van der Waals surface area contributed by atoms with E-state index in [9.17, 15) is 3.07 Å². The van der Waals surface area contributed by atoms with E-state index < -0.39 is 21.5 Å². The number of anilines is 1. The summed E-state index contributed by atoms with van der Waals surface area (Å²) >= 11 is 0.376. The van der Waals surface area contributed by atoms with Crippen LogP contribution in [0.25, 0.3) is 43.5 Å². The first kappa shape index (κ1) is 20.7. The third kappa shape index (κ3) is 3.15. The summed E-state index contributed by atoms with van der Waals surface area (Å²) in [4.78, 5) is 4.42. The molecular weight excluding hydrogens is 563 g/mol. The number of piperidine rings is 1. The molecule has 8 nitrogen and oxygen atoms in total. The van der Waals surface area contributed by atoms with Crippen LogP contribution in [-0.4, -0.2) is 34.3 Å². The Hall–Kier alpha value is -2.70. The molecule has 0 saturated carbocycles. The molecule has 10 heteroatoms. The van der Waals surface area contributed by atoms with Crippen LogP contribution in [0.1, 0.15) is 31.7 Å². The second-order valence-electron chi connectivity index (χ2n) is 9.09. The molecule has 0 amide bonds. The number of pyridine rings is 1. The molecule has 4 aromatic heterocycles. The van der Waals surface area contributed by atoms with E-state index in [2.05, 4.69) is 29.4 Å². The number of nitrogens with zero attached hydrogens (tertiary/aromatic N) is 5. The molecule has 2 fully saturated rings. The number of fused-ring (bicyclic) bond motifs is 4. The smallest absolute Gasteiger partial charge is 0.240 e. The van der Waals surface area contributed by atoms with E-state index in [1.165, 1.54) is 11.5 Å². The number of aromatic nitrogens is 4. The van der Waals surface area contributed by atoms with Crippen LogP contribution >= 0.6 is 33.0 Å². The van der Waals surface area contributed by atoms with Gasteiger partial charge in [-0.15, -0.1) is 0 Å². The van der Waals surface area contributed by atoms with Gasteiger partial charge in [-0.3, -0.25) is 7.75 Å². The molecule has 0 spiro atoms. The molecule has 2 unspecified atom stereocenters. The molecule has 0 radical (unpaired) electrons. The topological polar surface area (TPSA) is 103 Å². The minimum Gasteiger partial charge on any atom is -0.452 e. The Bertz CT molecular complexity index is 1540. The highest BCUT2D eigenvalue weighted by Crippen LogP contribution is 2.44. The highest BCUT2D eigenvalue weighted by Gasteiger charge is 2.42. The van der Waals surface area contributed by atoms with Crippen LogP contribution in [0, 0.1) is 0 Å². The van der Waals surface area contributed by atoms with E-state index in [-0.39, 0.29) is 0 Å². The largest absolute Gasteiger partial charge is 0.452 e. The van der Waals surface area contributed by atoms with E-state index in [1.807, 2.05) is 30.6 Å². The number of hydrogen-bond donors (Lipinski definition) is 1. The van der Waals surface area contributed by atoms with Crippen LogP contribution in [0.5, 0.6) is 0 Å². The van der Waals surface area contributed by atoms with Gasteiger partial charge in [0.05, 0.1) is 16.9 Å². The number of benzene rings is 1. The zero-order valence-electron chi connectivity index (χ0n) is 18.1. The van der Waals surface area contributed by atoms with Crippen molar-refractivity contribution in [1.29, 1.82) is 0 Å². The first-order valence-corrected chi connectivity index (χ1v) is 13.9. The predicted molar refractivity (Wildman–Crippen MR) is 140 cm³/mol. The fourth-order valence-corrected chi connectivity index (χ4v) is 8.01. The molecule has 2 aliphatic rings. The summed E-state index contributed by atoms with van der Waals surface area (Å²) in [6.07, 6.45) is 12.0. The molecule has 2 bridgehead atoms. The molecule has 5 aromatic rings. The van der Waals surface area contributed by atoms with Crippen molar-refractivity contribution in [3.05, 3.63) is 49.1 Å². The fourth-order valence-electron chi connectivity index (χ4n) is 5.59. The first-order valence-electron chi connectivity index (χ1n) is 11.3. The quantitative estimate of drug-likeness (QED) is 0.206. The average Bonchev–Trinajstić information content (AvgIpc) is 3.64. The van der Waals surface area contributed by atoms with Gasteiger partial charge in [0.2, 0.25) is 21.5 Å². The van der Waals surface area contributed by atoms with Gasteiger partial charge in [-0.05, 0) is 49.3 Å². The van der Waals surface area contributed by atoms with Crippen molar-refractivity contribution in [2.75, 3.05) is 5.73 Å². The summed E-state index contributed by atoms with van der Waals surface area (Å²) in [5.41, 5.74) is 9.75. The van der Waals surface area contributed by atoms with Gasteiger partial charge in [-0.2, -0.15) is 9.47 Å². The molecule has 34 heavy (non-hydrogen) atoms. The third-order valence-corrected chi connectivity index (χ3v) is 10.1. The summed E-state index contributed by atoms with van der Waals surface area (Å²) in [6, 6.07) is 9.35. The number of halogens is 1. The van der Waals surface area contributed by atoms with Crippen molar-refractivity contribution in [3.8, 4) is 22.5 Å². The Morgan fingerprint density at radius 1 is 1.09 bits per heavy atom. The minimum atomic E-state index is -1.08. The maximum absolute atomic E-state index is 11.7. The van der Waals surface area contributed by atoms with Crippen LogP contribution in [0.2, 0.25) is 0 Å². The summed E-state index contributed by atoms with van der Waals surface area (Å²) in [5, 5.41) is 6.74. The fraction of sp³-hybridized carbons (Fsp3) is 0.292. The van der Waals surface area contributed by atoms with Crippen LogP contribution in [0.3, 0.4) is 0 Å². The number of furan rings is 1. The maximum Gasteiger partial charge on any atom is 0.240 e. The van der Waals surface area contributed by atoms with E-state index >= 15 is 0 Å². The normalized spacial score (nSPS) is 22.8. The Balaban J connectivity index is 1.28. The number of nitrogens with two attached hydrogens (primary N) is 1. The van der Waals surface area contributed by atoms with Crippen LogP contribution in [-0.2, 0) is 3.07 Å². The SMILES string of the molecule is Nc1ncc(-c2cnn(C3CC4CC[C@H](C3)N4I=O)c2)c2cc(-c3cccc4cnsc34)oc12. The highest BCUT2D eigenvalue weighted by molar-refractivity contribution is 14.1. The van der Waals surface area contributed by atoms with Crippen molar-refractivity contribution >= 4 is 59.9 Å². The Morgan fingerprint density at radius 2 is 1.94 bits per heavy atom. The number of rotatable bonds is 4. The molecule has 2 aliphatic heterocycles. The second kappa shape index (κ2) is 7.92. The minimum absolute atomic E-state index is 0.333. The third-order valence-electron chi connectivity index (χ3n) is 7.22. The molecule has 2 saturated heterocycles. The second-order valence-corrected chi connectivity index (χ2v) is 11.4. The predicted octanol–water partition coefficient (Wildman–Crippen LogP) is 5.95. The molecule has 7 rings (SSSR count). The van der Waals surface area contributed by atoms with Crippen molar-refractivity contribution in [3.63, 3.8) is 0 Å². The van der Waals surface area contributed by atoms with Crippen molar-refractivity contribution in [1.82, 2.24) is 22.3 Å². The zero-order valence-corrected chi connectivity index (χ0v) is 21.1. The van der Waals surface area contributed by atoms with Gasteiger partial charge < -0.3 is 10.2 Å². The lowest BCUT2D eigenvalue weighted by Gasteiger charge is -2.34. The van der Waals surface area contributed by atoms with E-state index in [0.29, 0.717) is 29.5 Å². The Kier molecular flexibility index (Phi) is 4.81. The average molecular weight is 584 g/mol. The Labute approximate surface area is 209 Å². The standard InChI is InChI=1S/C24H21IN6O2S/c26-24-22-19(8-21(33-22)18-3-1-2-13-10-29-34-23(13)18)20(11-27-24)14-9-28-30(12-14)17-6-15-4-5-16(7-17)31(15)25-32/h1-3,8-12,15-17H,4-7H2,(H2,26,27)/t15-,16?,17?/m1/s1. The zero-order chi connectivity index (χ0) is 22.8. The molecule has 6 heterocycles. The van der Waals surface area contributed by atoms with Gasteiger partial charge in [-0.1, -0.05) is 12.1 Å². The van der Waals surface area contributed by atoms with Crippen LogP contribution in [0.4, 0.5) is 5.82 Å². The van der Waals surface area contributed by atoms with Gasteiger partial charge in [0.15, 0.2) is 11.4 Å². The molecule has 1 aromatic carbocycles. The Morgan fingerprint density at radius 3 is 2.76 bits per heavy atom. The highest BCUT2D eigenvalue weighted by atomic mass is 127. The lowest BCUT2D eigenvalue weighted by molar-refractivity contribution is 0.213. The van der Waals surface area contributed by atoms with Crippen molar-refractivity contribution in [2.24, 2.45) is 0 Å². The summed E-state index contributed by atoms with van der Waals surface area (Å²) < 4.78 is 27.7. The van der Waals surface area contributed by atoms with Crippen molar-refractivity contribution < 1.29 is 7.49 Å². The van der Waals surface area contributed by atoms with Gasteiger partial charge >= 0.3 is 0 Å². The number of hydrogen-bond acceptors (Lipinski definition) is 7. The summed E-state index contributed by atoms with van der Waals surface area (Å²) in [6.45, 7) is 0. The van der Waals surface area contributed by atoms with Gasteiger partial charge in [0.1, 0.15) is 5.76 Å². The molecule has 2 N–H and O–H groups in total. The van der Waals surface area contributed by atoms with Crippen molar-refractivity contribution in [2.45, 2.75) is 43.8 Å². The molecular formula is C24H21IN6O2S. The maximum atomic E-state index is 11.7. The molecule has 0 aliphatic carbocycles. The molecule has 172 valence electrons. The van der Waals surface area contributed by atoms with Gasteiger partial charge in [0.25, 0.3) is 0 Å². The molecule has 3 atom stereocenters. The van der Waals surface area contributed by atoms with E-state index in [1.54, 1.807) is 6.20 Å². The lowest BCUT2D eigenvalue weighted by Crippen LogP contribution is -2.37. The lowest BCUT2D eigenvalue weighted by atomic mass is 10.00.